The molecule has 0 amide bonds. The second-order valence-corrected chi connectivity index (χ2v) is 6.02. The fourth-order valence-corrected chi connectivity index (χ4v) is 3.16. The number of aliphatic hydroxyl groups excluding tert-OH is 1. The minimum atomic E-state index is -3.60. The van der Waals surface area contributed by atoms with Crippen LogP contribution in [0.2, 0.25) is 0 Å². The van der Waals surface area contributed by atoms with Crippen molar-refractivity contribution in [1.82, 2.24) is 8.87 Å². The van der Waals surface area contributed by atoms with Crippen molar-refractivity contribution < 1.29 is 18.3 Å². The number of aryl methyl sites for hydroxylation is 1. The van der Waals surface area contributed by atoms with E-state index in [9.17, 15) is 8.42 Å². The lowest BCUT2D eigenvalue weighted by Gasteiger charge is -2.19. The van der Waals surface area contributed by atoms with E-state index in [2.05, 4.69) is 6.58 Å². The monoisotopic (exact) mass is 288 g/mol. The van der Waals surface area contributed by atoms with Gasteiger partial charge in [-0.25, -0.2) is 8.42 Å². The van der Waals surface area contributed by atoms with Gasteiger partial charge in [-0.3, -0.25) is 0 Å². The average Bonchev–Trinajstić information content (AvgIpc) is 2.76. The largest absolute Gasteiger partial charge is 0.390 e. The molecule has 0 aliphatic heterocycles. The zero-order valence-corrected chi connectivity index (χ0v) is 12.1. The van der Waals surface area contributed by atoms with E-state index in [-0.39, 0.29) is 24.6 Å². The molecule has 0 aliphatic carbocycles. The molecule has 0 atom stereocenters. The Morgan fingerprint density at radius 1 is 1.58 bits per heavy atom. The highest BCUT2D eigenvalue weighted by Gasteiger charge is 2.25. The van der Waals surface area contributed by atoms with Crippen molar-refractivity contribution in [2.75, 3.05) is 26.8 Å². The number of nitrogens with zero attached hydrogens (tertiary/aromatic N) is 2. The minimum Gasteiger partial charge on any atom is -0.390 e. The molecule has 0 saturated heterocycles. The molecule has 0 bridgehead atoms. The number of hydrogen-bond donors (Lipinski definition) is 1. The summed E-state index contributed by atoms with van der Waals surface area (Å²) < 4.78 is 32.7. The zero-order chi connectivity index (χ0) is 14.5. The van der Waals surface area contributed by atoms with Crippen LogP contribution in [0.25, 0.3) is 0 Å². The van der Waals surface area contributed by atoms with E-state index in [0.29, 0.717) is 12.3 Å². The van der Waals surface area contributed by atoms with Crippen molar-refractivity contribution >= 4 is 10.0 Å². The molecule has 108 valence electrons. The minimum absolute atomic E-state index is 0.164. The van der Waals surface area contributed by atoms with Crippen LogP contribution < -0.4 is 0 Å². The molecule has 7 heteroatoms. The number of hydrogen-bond acceptors (Lipinski definition) is 4. The Labute approximate surface area is 114 Å². The van der Waals surface area contributed by atoms with Gasteiger partial charge in [0.15, 0.2) is 0 Å². The van der Waals surface area contributed by atoms with Crippen LogP contribution in [-0.2, 0) is 28.4 Å². The van der Waals surface area contributed by atoms with Crippen LogP contribution in [0, 0.1) is 0 Å². The molecule has 0 saturated carbocycles. The van der Waals surface area contributed by atoms with Gasteiger partial charge in [-0.05, 0) is 6.07 Å². The molecular formula is C12H20N2O4S. The molecule has 19 heavy (non-hydrogen) atoms. The van der Waals surface area contributed by atoms with Gasteiger partial charge in [0.1, 0.15) is 4.90 Å². The Kier molecular flexibility index (Phi) is 5.74. The fraction of sp³-hybridized carbons (Fsp3) is 0.500. The zero-order valence-electron chi connectivity index (χ0n) is 11.2. The molecule has 0 unspecified atom stereocenters. The summed E-state index contributed by atoms with van der Waals surface area (Å²) in [6.07, 6.45) is 3.02. The van der Waals surface area contributed by atoms with Crippen LogP contribution in [-0.4, -0.2) is 49.2 Å². The second kappa shape index (κ2) is 6.85. The quantitative estimate of drug-likeness (QED) is 0.700. The molecule has 0 aromatic carbocycles. The average molecular weight is 288 g/mol. The maximum atomic E-state index is 12.4. The van der Waals surface area contributed by atoms with Crippen LogP contribution in [0.5, 0.6) is 0 Å². The lowest BCUT2D eigenvalue weighted by Crippen LogP contribution is -2.33. The first-order valence-electron chi connectivity index (χ1n) is 5.83. The van der Waals surface area contributed by atoms with Crippen LogP contribution in [0.15, 0.2) is 29.8 Å². The summed E-state index contributed by atoms with van der Waals surface area (Å²) in [5, 5.41) is 9.12. The van der Waals surface area contributed by atoms with Crippen LogP contribution in [0.4, 0.5) is 0 Å². The molecule has 0 aliphatic rings. The molecule has 6 nitrogen and oxygen atoms in total. The summed E-state index contributed by atoms with van der Waals surface area (Å²) in [5.41, 5.74) is 0.545. The standard InChI is InChI=1S/C12H20N2O4S/c1-4-5-14(6-7-18-3)19(16,17)12-8-11(10-15)13(2)9-12/h4,8-9,15H,1,5-7,10H2,2-3H3. The summed E-state index contributed by atoms with van der Waals surface area (Å²) in [6, 6.07) is 1.47. The summed E-state index contributed by atoms with van der Waals surface area (Å²) in [6.45, 7) is 4.15. The molecule has 1 heterocycles. The van der Waals surface area contributed by atoms with E-state index in [1.54, 1.807) is 11.6 Å². The Morgan fingerprint density at radius 3 is 2.74 bits per heavy atom. The molecular weight excluding hydrogens is 268 g/mol. The molecule has 0 fully saturated rings. The van der Waals surface area contributed by atoms with E-state index in [1.165, 1.54) is 29.8 Å². The topological polar surface area (TPSA) is 71.8 Å². The number of rotatable bonds is 8. The first-order valence-corrected chi connectivity index (χ1v) is 7.27. The third-order valence-electron chi connectivity index (χ3n) is 2.76. The normalized spacial score (nSPS) is 12.0. The van der Waals surface area contributed by atoms with Gasteiger partial charge >= 0.3 is 0 Å². The van der Waals surface area contributed by atoms with Crippen molar-refractivity contribution in [1.29, 1.82) is 0 Å². The maximum Gasteiger partial charge on any atom is 0.244 e. The van der Waals surface area contributed by atoms with Crippen molar-refractivity contribution in [2.45, 2.75) is 11.5 Å². The second-order valence-electron chi connectivity index (χ2n) is 4.08. The lowest BCUT2D eigenvalue weighted by molar-refractivity contribution is 0.182. The third-order valence-corrected chi connectivity index (χ3v) is 4.59. The van der Waals surface area contributed by atoms with Crippen LogP contribution in [0.3, 0.4) is 0 Å². The van der Waals surface area contributed by atoms with Crippen molar-refractivity contribution in [3.8, 4) is 0 Å². The maximum absolute atomic E-state index is 12.4. The van der Waals surface area contributed by atoms with Crippen molar-refractivity contribution in [3.63, 3.8) is 0 Å². The van der Waals surface area contributed by atoms with Crippen molar-refractivity contribution in [3.05, 3.63) is 30.6 Å². The van der Waals surface area contributed by atoms with Gasteiger partial charge in [0.25, 0.3) is 0 Å². The molecule has 1 N–H and O–H groups in total. The third kappa shape index (κ3) is 3.66. The molecule has 1 rings (SSSR count). The Morgan fingerprint density at radius 2 is 2.26 bits per heavy atom. The van der Waals surface area contributed by atoms with E-state index in [4.69, 9.17) is 9.84 Å². The summed E-state index contributed by atoms with van der Waals surface area (Å²) in [7, 11) is -0.386. The summed E-state index contributed by atoms with van der Waals surface area (Å²) in [5.74, 6) is 0. The van der Waals surface area contributed by atoms with Gasteiger partial charge in [0, 0.05) is 39.1 Å². The molecule has 1 aromatic heterocycles. The summed E-state index contributed by atoms with van der Waals surface area (Å²) in [4.78, 5) is 0.164. The summed E-state index contributed by atoms with van der Waals surface area (Å²) >= 11 is 0. The van der Waals surface area contributed by atoms with Gasteiger partial charge in [-0.15, -0.1) is 6.58 Å². The highest BCUT2D eigenvalue weighted by atomic mass is 32.2. The van der Waals surface area contributed by atoms with E-state index in [1.807, 2.05) is 0 Å². The first-order chi connectivity index (χ1) is 8.97. The van der Waals surface area contributed by atoms with E-state index < -0.39 is 10.0 Å². The van der Waals surface area contributed by atoms with Gasteiger partial charge in [-0.1, -0.05) is 6.08 Å². The SMILES string of the molecule is C=CCN(CCOC)S(=O)(=O)c1cc(CO)n(C)c1. The molecule has 0 spiro atoms. The van der Waals surface area contributed by atoms with Crippen LogP contribution >= 0.6 is 0 Å². The number of sulfonamides is 1. The number of aliphatic hydroxyl groups is 1. The van der Waals surface area contributed by atoms with Gasteiger partial charge in [0.2, 0.25) is 10.0 Å². The predicted octanol–water partition coefficient (Wildman–Crippen LogP) is 0.341. The Balaban J connectivity index is 3.06. The number of aromatic nitrogens is 1. The number of methoxy groups -OCH3 is 1. The molecule has 1 aromatic rings. The first kappa shape index (κ1) is 15.9. The molecule has 0 radical (unpaired) electrons. The van der Waals surface area contributed by atoms with Gasteiger partial charge < -0.3 is 14.4 Å². The van der Waals surface area contributed by atoms with E-state index >= 15 is 0 Å². The highest BCUT2D eigenvalue weighted by molar-refractivity contribution is 7.89. The van der Waals surface area contributed by atoms with Gasteiger partial charge in [0.05, 0.1) is 13.2 Å². The van der Waals surface area contributed by atoms with E-state index in [0.717, 1.165) is 0 Å². The lowest BCUT2D eigenvalue weighted by atomic mass is 10.5. The van der Waals surface area contributed by atoms with Crippen LogP contribution in [0.1, 0.15) is 5.69 Å². The fourth-order valence-electron chi connectivity index (χ4n) is 1.67. The smallest absolute Gasteiger partial charge is 0.244 e. The van der Waals surface area contributed by atoms with Crippen molar-refractivity contribution in [2.24, 2.45) is 7.05 Å². The Hall–Kier alpha value is -1.15. The van der Waals surface area contributed by atoms with Gasteiger partial charge in [-0.2, -0.15) is 4.31 Å². The highest BCUT2D eigenvalue weighted by Crippen LogP contribution is 2.18. The Bertz CT molecular complexity index is 522. The predicted molar refractivity (Wildman–Crippen MR) is 72.2 cm³/mol. The number of ether oxygens (including phenoxy) is 1.